The monoisotopic (exact) mass is 687 g/mol. The van der Waals surface area contributed by atoms with Gasteiger partial charge in [0.25, 0.3) is 5.69 Å². The molecule has 266 valence electrons. The minimum absolute atomic E-state index is 0.111. The van der Waals surface area contributed by atoms with Crippen LogP contribution in [0.4, 0.5) is 5.69 Å². The molecule has 3 aromatic carbocycles. The Balaban J connectivity index is 1.32. The number of rotatable bonds is 7. The van der Waals surface area contributed by atoms with E-state index in [1.807, 2.05) is 0 Å². The first-order chi connectivity index (χ1) is 24.4. The fourth-order valence-corrected chi connectivity index (χ4v) is 7.51. The van der Waals surface area contributed by atoms with Crippen molar-refractivity contribution < 1.29 is 24.0 Å². The summed E-state index contributed by atoms with van der Waals surface area (Å²) in [4.78, 5) is 37.7. The second kappa shape index (κ2) is 16.9. The van der Waals surface area contributed by atoms with Crippen LogP contribution in [0.1, 0.15) is 123 Å². The number of nitro groups is 1. The van der Waals surface area contributed by atoms with Crippen LogP contribution in [-0.4, -0.2) is 29.1 Å². The number of non-ortho nitro benzene ring substituents is 1. The van der Waals surface area contributed by atoms with Gasteiger partial charge in [-0.25, -0.2) is 9.59 Å². The van der Waals surface area contributed by atoms with Crippen molar-refractivity contribution in [1.29, 1.82) is 0 Å². The zero-order valence-corrected chi connectivity index (χ0v) is 30.6. The Morgan fingerprint density at radius 3 is 1.45 bits per heavy atom. The molecule has 7 heteroatoms. The first kappa shape index (κ1) is 37.4. The third kappa shape index (κ3) is 10.1. The number of carbonyl (C=O) groups is 2. The van der Waals surface area contributed by atoms with Crippen LogP contribution >= 0.6 is 0 Å². The highest BCUT2D eigenvalue weighted by Crippen LogP contribution is 2.37. The summed E-state index contributed by atoms with van der Waals surface area (Å²) in [5, 5.41) is 11.8. The molecule has 0 heterocycles. The van der Waals surface area contributed by atoms with Gasteiger partial charge in [-0.2, -0.15) is 0 Å². The van der Waals surface area contributed by atoms with E-state index in [4.69, 9.17) is 9.47 Å². The van der Waals surface area contributed by atoms with Gasteiger partial charge in [-0.05, 0) is 104 Å². The van der Waals surface area contributed by atoms with E-state index in [2.05, 4.69) is 65.2 Å². The number of hydrogen-bond donors (Lipinski definition) is 0. The van der Waals surface area contributed by atoms with Crippen molar-refractivity contribution in [2.75, 3.05) is 0 Å². The summed E-state index contributed by atoms with van der Waals surface area (Å²) in [5.41, 5.74) is 2.72. The minimum Gasteiger partial charge on any atom is -0.458 e. The van der Waals surface area contributed by atoms with Crippen LogP contribution in [0.15, 0.2) is 66.7 Å². The first-order valence-corrected chi connectivity index (χ1v) is 18.3. The number of esters is 2. The summed E-state index contributed by atoms with van der Waals surface area (Å²) in [6, 6.07) is 18.4. The fourth-order valence-electron chi connectivity index (χ4n) is 7.51. The second-order valence-electron chi connectivity index (χ2n) is 15.2. The molecule has 7 nitrogen and oxygen atoms in total. The van der Waals surface area contributed by atoms with Crippen LogP contribution in [0.25, 0.3) is 0 Å². The van der Waals surface area contributed by atoms with E-state index in [0.29, 0.717) is 68.9 Å². The minimum atomic E-state index is -0.475. The normalized spacial score (nSPS) is 23.0. The molecule has 6 atom stereocenters. The molecule has 0 amide bonds. The van der Waals surface area contributed by atoms with Crippen molar-refractivity contribution in [2.24, 2.45) is 35.5 Å². The van der Waals surface area contributed by atoms with Crippen LogP contribution in [-0.2, 0) is 9.47 Å². The standard InChI is InChI=1S/C44H49NO6/c1-28(2)39-19-13-30(5)21-41(39)50-43(46)36-11-7-9-32(24-36)15-17-34-23-35(27-38(26-34)45(48)49)18-16-33-10-8-12-37(25-33)44(47)51-42-22-31(6)14-20-40(42)29(3)4/h7-12,23-31,39-42H,13-14,19-22H2,1-6H3/t30-,31-,39+,40+,41-,42-/m0/s1. The molecule has 2 saturated carbocycles. The summed E-state index contributed by atoms with van der Waals surface area (Å²) >= 11 is 0. The molecule has 0 unspecified atom stereocenters. The molecule has 51 heavy (non-hydrogen) atoms. The van der Waals surface area contributed by atoms with Gasteiger partial charge >= 0.3 is 11.9 Å². The predicted octanol–water partition coefficient (Wildman–Crippen LogP) is 9.63. The van der Waals surface area contributed by atoms with E-state index >= 15 is 0 Å². The van der Waals surface area contributed by atoms with Gasteiger partial charge in [0.15, 0.2) is 0 Å². The van der Waals surface area contributed by atoms with Crippen LogP contribution in [0.2, 0.25) is 0 Å². The molecule has 0 radical (unpaired) electrons. The highest BCUT2D eigenvalue weighted by molar-refractivity contribution is 5.90. The molecule has 0 bridgehead atoms. The molecule has 0 N–H and O–H groups in total. The molecule has 0 saturated heterocycles. The maximum atomic E-state index is 13.2. The lowest BCUT2D eigenvalue weighted by Gasteiger charge is -2.36. The smallest absolute Gasteiger partial charge is 0.338 e. The van der Waals surface area contributed by atoms with Crippen molar-refractivity contribution >= 4 is 17.6 Å². The van der Waals surface area contributed by atoms with E-state index in [-0.39, 0.29) is 29.8 Å². The van der Waals surface area contributed by atoms with Gasteiger partial charge in [-0.1, -0.05) is 90.2 Å². The lowest BCUT2D eigenvalue weighted by atomic mass is 9.75. The Kier molecular flexibility index (Phi) is 12.4. The quantitative estimate of drug-likeness (QED) is 0.106. The van der Waals surface area contributed by atoms with E-state index in [1.165, 1.54) is 12.1 Å². The lowest BCUT2D eigenvalue weighted by molar-refractivity contribution is -0.384. The highest BCUT2D eigenvalue weighted by atomic mass is 16.6. The van der Waals surface area contributed by atoms with Crippen molar-refractivity contribution in [3.63, 3.8) is 0 Å². The molecular weight excluding hydrogens is 638 g/mol. The fraction of sp³-hybridized carbons (Fsp3) is 0.455. The zero-order chi connectivity index (χ0) is 36.7. The van der Waals surface area contributed by atoms with Gasteiger partial charge in [-0.15, -0.1) is 0 Å². The van der Waals surface area contributed by atoms with Crippen LogP contribution in [0.5, 0.6) is 0 Å². The summed E-state index contributed by atoms with van der Waals surface area (Å²) in [5.74, 6) is 14.0. The van der Waals surface area contributed by atoms with Crippen LogP contribution in [0, 0.1) is 69.3 Å². The number of benzene rings is 3. The summed E-state index contributed by atoms with van der Waals surface area (Å²) in [7, 11) is 0. The highest BCUT2D eigenvalue weighted by Gasteiger charge is 2.35. The number of carbonyl (C=O) groups excluding carboxylic acids is 2. The number of nitrogens with zero attached hydrogens (tertiary/aromatic N) is 1. The first-order valence-electron chi connectivity index (χ1n) is 18.3. The van der Waals surface area contributed by atoms with Gasteiger partial charge in [0.05, 0.1) is 16.1 Å². The van der Waals surface area contributed by atoms with Crippen molar-refractivity contribution in [1.82, 2.24) is 0 Å². The van der Waals surface area contributed by atoms with Crippen LogP contribution < -0.4 is 0 Å². The predicted molar refractivity (Wildman–Crippen MR) is 199 cm³/mol. The van der Waals surface area contributed by atoms with Gasteiger partial charge < -0.3 is 9.47 Å². The largest absolute Gasteiger partial charge is 0.458 e. The Hall–Kier alpha value is -4.88. The van der Waals surface area contributed by atoms with Crippen molar-refractivity contribution in [2.45, 2.75) is 92.3 Å². The third-order valence-electron chi connectivity index (χ3n) is 10.5. The maximum absolute atomic E-state index is 13.2. The molecule has 5 rings (SSSR count). The Labute approximate surface area is 302 Å². The van der Waals surface area contributed by atoms with Crippen LogP contribution in [0.3, 0.4) is 0 Å². The average molecular weight is 688 g/mol. The topological polar surface area (TPSA) is 95.7 Å². The van der Waals surface area contributed by atoms with Gasteiger partial charge in [-0.3, -0.25) is 10.1 Å². The van der Waals surface area contributed by atoms with Gasteiger partial charge in [0, 0.05) is 34.4 Å². The van der Waals surface area contributed by atoms with E-state index in [1.54, 1.807) is 54.6 Å². The summed E-state index contributed by atoms with van der Waals surface area (Å²) in [6.07, 6.45) is 5.91. The Morgan fingerprint density at radius 2 is 1.06 bits per heavy atom. The van der Waals surface area contributed by atoms with Gasteiger partial charge in [0.1, 0.15) is 12.2 Å². The Morgan fingerprint density at radius 1 is 0.647 bits per heavy atom. The average Bonchev–Trinajstić information content (AvgIpc) is 3.09. The van der Waals surface area contributed by atoms with E-state index < -0.39 is 4.92 Å². The lowest BCUT2D eigenvalue weighted by Crippen LogP contribution is -2.35. The summed E-state index contributed by atoms with van der Waals surface area (Å²) in [6.45, 7) is 13.1. The van der Waals surface area contributed by atoms with Gasteiger partial charge in [0.2, 0.25) is 0 Å². The molecule has 0 aliphatic heterocycles. The molecule has 2 aliphatic carbocycles. The Bertz CT molecular complexity index is 1750. The van der Waals surface area contributed by atoms with Crippen molar-refractivity contribution in [3.8, 4) is 23.7 Å². The molecule has 2 aliphatic rings. The summed E-state index contributed by atoms with van der Waals surface area (Å²) < 4.78 is 12.1. The second-order valence-corrected chi connectivity index (χ2v) is 15.2. The maximum Gasteiger partial charge on any atom is 0.338 e. The molecule has 0 spiro atoms. The van der Waals surface area contributed by atoms with E-state index in [0.717, 1.165) is 38.5 Å². The number of nitro benzene ring substituents is 1. The zero-order valence-electron chi connectivity index (χ0n) is 30.6. The van der Waals surface area contributed by atoms with Crippen molar-refractivity contribution in [3.05, 3.63) is 110 Å². The molecule has 3 aromatic rings. The number of hydrogen-bond acceptors (Lipinski definition) is 6. The molecule has 0 aromatic heterocycles. The van der Waals surface area contributed by atoms with E-state index in [9.17, 15) is 19.7 Å². The number of ether oxygens (including phenoxy) is 2. The molecule has 2 fully saturated rings. The SMILES string of the molecule is CC(C)[C@H]1CC[C@H](C)C[C@@H]1OC(=O)c1cccc(C#Cc2cc(C#Cc3cccc(C(=O)O[C@H]4C[C@@H](C)CC[C@@H]4C(C)C)c3)cc([N+](=O)[O-])c2)c1. The molecular formula is C44H49NO6. The third-order valence-corrected chi connectivity index (χ3v) is 10.5.